The molecule has 6 nitrogen and oxygen atoms in total. The average Bonchev–Trinajstić information content (AvgIpc) is 3.28. The van der Waals surface area contributed by atoms with E-state index < -0.39 is 5.91 Å². The zero-order valence-electron chi connectivity index (χ0n) is 16.5. The number of nitrogens with two attached hydrogens (primary N) is 1. The van der Waals surface area contributed by atoms with E-state index >= 15 is 0 Å². The minimum atomic E-state index is -0.459. The molecular formula is C23H27N5O. The Morgan fingerprint density at radius 3 is 2.76 bits per heavy atom. The van der Waals surface area contributed by atoms with Crippen LogP contribution in [0.1, 0.15) is 35.2 Å². The summed E-state index contributed by atoms with van der Waals surface area (Å²) in [5, 5.41) is 3.73. The molecule has 150 valence electrons. The molecule has 0 bridgehead atoms. The molecule has 1 atom stereocenters. The number of hydrogen-bond donors (Lipinski definition) is 3. The Morgan fingerprint density at radius 2 is 2.00 bits per heavy atom. The molecule has 6 heteroatoms. The Morgan fingerprint density at radius 1 is 1.17 bits per heavy atom. The standard InChI is InChI=1S/C23H27N5O/c24-22(29)19-2-1-3-20-21(19)27-23(26-20)17-8-6-16(7-9-17)13-28-11-10-18(14-28)25-12-15-4-5-15/h1-3,6-9,15,18,25H,4-5,10-14H2,(H2,24,29)(H,26,27). The Bertz CT molecular complexity index is 1020. The summed E-state index contributed by atoms with van der Waals surface area (Å²) in [7, 11) is 0. The van der Waals surface area contributed by atoms with E-state index in [2.05, 4.69) is 44.5 Å². The molecule has 3 aromatic rings. The summed E-state index contributed by atoms with van der Waals surface area (Å²) in [6, 6.07) is 14.6. The molecule has 0 radical (unpaired) electrons. The Labute approximate surface area is 170 Å². The molecule has 1 aromatic heterocycles. The lowest BCUT2D eigenvalue weighted by Crippen LogP contribution is -2.33. The van der Waals surface area contributed by atoms with E-state index in [1.165, 1.54) is 31.4 Å². The minimum Gasteiger partial charge on any atom is -0.366 e. The van der Waals surface area contributed by atoms with E-state index in [1.807, 2.05) is 12.1 Å². The molecule has 1 saturated heterocycles. The summed E-state index contributed by atoms with van der Waals surface area (Å²) in [5.74, 6) is 1.24. The monoisotopic (exact) mass is 389 g/mol. The zero-order chi connectivity index (χ0) is 19.8. The first-order valence-corrected chi connectivity index (χ1v) is 10.5. The molecule has 1 aliphatic carbocycles. The van der Waals surface area contributed by atoms with Crippen LogP contribution in [0.15, 0.2) is 42.5 Å². The summed E-state index contributed by atoms with van der Waals surface area (Å²) in [6.07, 6.45) is 4.06. The molecule has 2 heterocycles. The van der Waals surface area contributed by atoms with E-state index in [-0.39, 0.29) is 0 Å². The highest BCUT2D eigenvalue weighted by Crippen LogP contribution is 2.28. The van der Waals surface area contributed by atoms with Gasteiger partial charge in [-0.15, -0.1) is 0 Å². The third-order valence-corrected chi connectivity index (χ3v) is 6.08. The van der Waals surface area contributed by atoms with Gasteiger partial charge in [0.2, 0.25) is 0 Å². The second kappa shape index (κ2) is 7.61. The SMILES string of the molecule is NC(=O)c1cccc2[nH]c(-c3ccc(CN4CCC(NCC5CC5)C4)cc3)nc12. The minimum absolute atomic E-state index is 0.445. The van der Waals surface area contributed by atoms with Crippen molar-refractivity contribution in [3.8, 4) is 11.4 Å². The molecule has 29 heavy (non-hydrogen) atoms. The third-order valence-electron chi connectivity index (χ3n) is 6.08. The molecule has 4 N–H and O–H groups in total. The number of aromatic amines is 1. The van der Waals surface area contributed by atoms with Crippen molar-refractivity contribution in [2.75, 3.05) is 19.6 Å². The maximum Gasteiger partial charge on any atom is 0.250 e. The molecule has 0 spiro atoms. The number of hydrogen-bond acceptors (Lipinski definition) is 4. The Hall–Kier alpha value is -2.70. The lowest BCUT2D eigenvalue weighted by atomic mass is 10.1. The molecule has 1 unspecified atom stereocenters. The fourth-order valence-electron chi connectivity index (χ4n) is 4.19. The fourth-order valence-corrected chi connectivity index (χ4v) is 4.19. The van der Waals surface area contributed by atoms with Gasteiger partial charge >= 0.3 is 0 Å². The highest BCUT2D eigenvalue weighted by molar-refractivity contribution is 6.04. The van der Waals surface area contributed by atoms with E-state index in [4.69, 9.17) is 5.73 Å². The molecule has 5 rings (SSSR count). The van der Waals surface area contributed by atoms with Gasteiger partial charge in [-0.05, 0) is 49.4 Å². The summed E-state index contributed by atoms with van der Waals surface area (Å²) in [4.78, 5) is 22.1. The number of benzene rings is 2. The van der Waals surface area contributed by atoms with Crippen molar-refractivity contribution in [3.63, 3.8) is 0 Å². The van der Waals surface area contributed by atoms with Gasteiger partial charge in [0, 0.05) is 31.2 Å². The first-order valence-electron chi connectivity index (χ1n) is 10.5. The Balaban J connectivity index is 1.25. The van der Waals surface area contributed by atoms with Crippen LogP contribution in [0.5, 0.6) is 0 Å². The van der Waals surface area contributed by atoms with Crippen LogP contribution in [0.25, 0.3) is 22.4 Å². The van der Waals surface area contributed by atoms with Gasteiger partial charge in [0.25, 0.3) is 5.91 Å². The maximum absolute atomic E-state index is 11.6. The average molecular weight is 390 g/mol. The number of carbonyl (C=O) groups is 1. The van der Waals surface area contributed by atoms with Crippen molar-refractivity contribution in [1.29, 1.82) is 0 Å². The first-order chi connectivity index (χ1) is 14.2. The number of rotatable bonds is 7. The van der Waals surface area contributed by atoms with Crippen LogP contribution < -0.4 is 11.1 Å². The van der Waals surface area contributed by atoms with Gasteiger partial charge in [-0.1, -0.05) is 30.3 Å². The maximum atomic E-state index is 11.6. The van der Waals surface area contributed by atoms with E-state index in [1.54, 1.807) is 6.07 Å². The number of primary amides is 1. The normalized spacial score (nSPS) is 19.8. The zero-order valence-corrected chi connectivity index (χ0v) is 16.5. The fraction of sp³-hybridized carbons (Fsp3) is 0.391. The predicted molar refractivity (Wildman–Crippen MR) is 114 cm³/mol. The van der Waals surface area contributed by atoms with Crippen LogP contribution in [0.2, 0.25) is 0 Å². The number of nitrogens with zero attached hydrogens (tertiary/aromatic N) is 2. The second-order valence-electron chi connectivity index (χ2n) is 8.42. The summed E-state index contributed by atoms with van der Waals surface area (Å²) in [6.45, 7) is 4.47. The molecule has 2 fully saturated rings. The van der Waals surface area contributed by atoms with Gasteiger partial charge in [0.15, 0.2) is 0 Å². The highest BCUT2D eigenvalue weighted by atomic mass is 16.1. The van der Waals surface area contributed by atoms with Gasteiger partial charge in [-0.2, -0.15) is 0 Å². The van der Waals surface area contributed by atoms with Crippen molar-refractivity contribution in [3.05, 3.63) is 53.6 Å². The van der Waals surface area contributed by atoms with Crippen LogP contribution in [0.4, 0.5) is 0 Å². The topological polar surface area (TPSA) is 87.0 Å². The highest BCUT2D eigenvalue weighted by Gasteiger charge is 2.26. The number of aromatic nitrogens is 2. The lowest BCUT2D eigenvalue weighted by molar-refractivity contribution is 0.100. The summed E-state index contributed by atoms with van der Waals surface area (Å²) < 4.78 is 0. The quantitative estimate of drug-likeness (QED) is 0.580. The first kappa shape index (κ1) is 18.3. The number of H-pyrrole nitrogens is 1. The largest absolute Gasteiger partial charge is 0.366 e. The van der Waals surface area contributed by atoms with Crippen molar-refractivity contribution in [1.82, 2.24) is 20.2 Å². The number of fused-ring (bicyclic) bond motifs is 1. The van der Waals surface area contributed by atoms with Gasteiger partial charge in [-0.25, -0.2) is 4.98 Å². The van der Waals surface area contributed by atoms with Gasteiger partial charge in [0.05, 0.1) is 11.1 Å². The molecule has 2 aromatic carbocycles. The molecule has 1 amide bonds. The number of amides is 1. The number of carbonyl (C=O) groups excluding carboxylic acids is 1. The Kier molecular flexibility index (Phi) is 4.81. The second-order valence-corrected chi connectivity index (χ2v) is 8.42. The predicted octanol–water partition coefficient (Wildman–Crippen LogP) is 2.90. The summed E-state index contributed by atoms with van der Waals surface area (Å²) in [5.41, 5.74) is 9.68. The van der Waals surface area contributed by atoms with Crippen LogP contribution >= 0.6 is 0 Å². The third kappa shape index (κ3) is 4.04. The van der Waals surface area contributed by atoms with Crippen LogP contribution in [-0.2, 0) is 6.54 Å². The van der Waals surface area contributed by atoms with Crippen LogP contribution in [0.3, 0.4) is 0 Å². The van der Waals surface area contributed by atoms with Gasteiger partial charge in [0.1, 0.15) is 11.3 Å². The van der Waals surface area contributed by atoms with Crippen molar-refractivity contribution in [2.45, 2.75) is 31.8 Å². The van der Waals surface area contributed by atoms with Gasteiger partial charge < -0.3 is 16.0 Å². The van der Waals surface area contributed by atoms with E-state index in [0.29, 0.717) is 17.1 Å². The number of para-hydroxylation sites is 1. The molecule has 1 saturated carbocycles. The van der Waals surface area contributed by atoms with E-state index in [9.17, 15) is 4.79 Å². The van der Waals surface area contributed by atoms with Crippen molar-refractivity contribution in [2.24, 2.45) is 11.7 Å². The molecule has 2 aliphatic rings. The van der Waals surface area contributed by atoms with Crippen LogP contribution in [-0.4, -0.2) is 46.5 Å². The van der Waals surface area contributed by atoms with E-state index in [0.717, 1.165) is 42.5 Å². The number of nitrogens with one attached hydrogen (secondary N) is 2. The van der Waals surface area contributed by atoms with Crippen molar-refractivity contribution >= 4 is 16.9 Å². The number of likely N-dealkylation sites (tertiary alicyclic amines) is 1. The van der Waals surface area contributed by atoms with Crippen molar-refractivity contribution < 1.29 is 4.79 Å². The number of imidazole rings is 1. The lowest BCUT2D eigenvalue weighted by Gasteiger charge is -2.17. The summed E-state index contributed by atoms with van der Waals surface area (Å²) >= 11 is 0. The molecule has 1 aliphatic heterocycles. The van der Waals surface area contributed by atoms with Gasteiger partial charge in [-0.3, -0.25) is 9.69 Å². The smallest absolute Gasteiger partial charge is 0.250 e. The van der Waals surface area contributed by atoms with Crippen LogP contribution in [0, 0.1) is 5.92 Å². The molecular weight excluding hydrogens is 362 g/mol.